The summed E-state index contributed by atoms with van der Waals surface area (Å²) >= 11 is 0. The maximum Gasteiger partial charge on any atom is 0.246 e. The number of ether oxygens (including phenoxy) is 1. The lowest BCUT2D eigenvalue weighted by Gasteiger charge is -2.15. The molecule has 0 spiro atoms. The van der Waals surface area contributed by atoms with Crippen LogP contribution in [0.15, 0.2) is 30.3 Å². The van der Waals surface area contributed by atoms with Crippen LogP contribution >= 0.6 is 0 Å². The van der Waals surface area contributed by atoms with Crippen molar-refractivity contribution in [2.24, 2.45) is 0 Å². The van der Waals surface area contributed by atoms with Crippen molar-refractivity contribution in [2.75, 3.05) is 20.2 Å². The molecule has 1 N–H and O–H groups in total. The van der Waals surface area contributed by atoms with Gasteiger partial charge in [-0.1, -0.05) is 12.1 Å². The van der Waals surface area contributed by atoms with Gasteiger partial charge in [0.1, 0.15) is 11.8 Å². The third-order valence-corrected chi connectivity index (χ3v) is 2.86. The lowest BCUT2D eigenvalue weighted by atomic mass is 10.2. The average molecular weight is 288 g/mol. The van der Waals surface area contributed by atoms with Crippen molar-refractivity contribution in [3.8, 4) is 11.8 Å². The molecule has 1 rings (SSSR count). The lowest BCUT2D eigenvalue weighted by Crippen LogP contribution is -2.27. The van der Waals surface area contributed by atoms with Gasteiger partial charge in [0.2, 0.25) is 5.91 Å². The fourth-order valence-electron chi connectivity index (χ4n) is 1.58. The first-order valence-corrected chi connectivity index (χ1v) is 6.74. The topological polar surface area (TPSA) is 73.6 Å². The summed E-state index contributed by atoms with van der Waals surface area (Å²) in [7, 11) is 1.70. The molecule has 0 saturated carbocycles. The van der Waals surface area contributed by atoms with Gasteiger partial charge in [-0.15, -0.1) is 0 Å². The predicted octanol–water partition coefficient (Wildman–Crippen LogP) is 1.83. The van der Waals surface area contributed by atoms with Gasteiger partial charge in [0.05, 0.1) is 6.10 Å². The third kappa shape index (κ3) is 6.59. The number of likely N-dealkylation sites (N-methyl/N-ethyl adjacent to an activating group) is 1. The second-order valence-electron chi connectivity index (χ2n) is 4.75. The molecule has 0 aliphatic rings. The minimum absolute atomic E-state index is 0.0156. The van der Waals surface area contributed by atoms with Crippen LogP contribution in [0.5, 0.6) is 5.75 Å². The number of nitriles is 1. The number of hydrogen-bond acceptors (Lipinski definition) is 4. The van der Waals surface area contributed by atoms with Gasteiger partial charge in [0, 0.05) is 19.7 Å². The monoisotopic (exact) mass is 288 g/mol. The molecule has 0 aromatic heterocycles. The number of aliphatic hydroxyl groups excluding tert-OH is 1. The van der Waals surface area contributed by atoms with E-state index in [9.17, 15) is 9.90 Å². The van der Waals surface area contributed by atoms with Gasteiger partial charge in [-0.3, -0.25) is 4.79 Å². The van der Waals surface area contributed by atoms with Crippen LogP contribution < -0.4 is 4.74 Å². The number of hydrogen-bond donors (Lipinski definition) is 1. The van der Waals surface area contributed by atoms with Crippen molar-refractivity contribution in [3.05, 3.63) is 35.9 Å². The summed E-state index contributed by atoms with van der Waals surface area (Å²) in [5.74, 6) is 0.509. The van der Waals surface area contributed by atoms with Crippen LogP contribution in [0.3, 0.4) is 0 Å². The van der Waals surface area contributed by atoms with E-state index in [-0.39, 0.29) is 12.5 Å². The molecule has 0 heterocycles. The zero-order valence-electron chi connectivity index (χ0n) is 12.3. The fraction of sp³-hybridized carbons (Fsp3) is 0.375. The molecule has 0 fully saturated rings. The van der Waals surface area contributed by atoms with Gasteiger partial charge in [-0.2, -0.15) is 5.26 Å². The smallest absolute Gasteiger partial charge is 0.246 e. The molecule has 1 amide bonds. The van der Waals surface area contributed by atoms with Crippen LogP contribution in [0.25, 0.3) is 6.08 Å². The van der Waals surface area contributed by atoms with E-state index in [1.807, 2.05) is 18.2 Å². The Hall–Kier alpha value is -2.32. The summed E-state index contributed by atoms with van der Waals surface area (Å²) in [5.41, 5.74) is 0.872. The minimum Gasteiger partial charge on any atom is -0.479 e. The molecule has 0 aliphatic heterocycles. The van der Waals surface area contributed by atoms with Crippen LogP contribution in [0.2, 0.25) is 0 Å². The Morgan fingerprint density at radius 1 is 1.48 bits per heavy atom. The SMILES string of the molecule is CC(O)CCN(C)C(=O)C=Cc1ccc(OCC#N)cc1. The van der Waals surface area contributed by atoms with E-state index in [1.165, 1.54) is 6.08 Å². The first kappa shape index (κ1) is 16.7. The predicted molar refractivity (Wildman–Crippen MR) is 80.5 cm³/mol. The Bertz CT molecular complexity index is 515. The molecule has 5 heteroatoms. The Kier molecular flexibility index (Phi) is 6.99. The lowest BCUT2D eigenvalue weighted by molar-refractivity contribution is -0.124. The average Bonchev–Trinajstić information content (AvgIpc) is 2.49. The van der Waals surface area contributed by atoms with Gasteiger partial charge in [-0.25, -0.2) is 0 Å². The molecule has 1 atom stereocenters. The summed E-state index contributed by atoms with van der Waals surface area (Å²) in [6, 6.07) is 9.02. The van der Waals surface area contributed by atoms with Gasteiger partial charge in [-0.05, 0) is 37.1 Å². The van der Waals surface area contributed by atoms with Crippen molar-refractivity contribution < 1.29 is 14.6 Å². The zero-order chi connectivity index (χ0) is 15.7. The van der Waals surface area contributed by atoms with Crippen LogP contribution in [0.4, 0.5) is 0 Å². The van der Waals surface area contributed by atoms with Crippen molar-refractivity contribution in [3.63, 3.8) is 0 Å². The summed E-state index contributed by atoms with van der Waals surface area (Å²) < 4.78 is 5.14. The molecule has 5 nitrogen and oxygen atoms in total. The van der Waals surface area contributed by atoms with E-state index >= 15 is 0 Å². The summed E-state index contributed by atoms with van der Waals surface area (Å²) in [6.07, 6.45) is 3.36. The van der Waals surface area contributed by atoms with Crippen LogP contribution in [0, 0.1) is 11.3 Å². The van der Waals surface area contributed by atoms with E-state index < -0.39 is 6.10 Å². The highest BCUT2D eigenvalue weighted by Gasteiger charge is 2.06. The highest BCUT2D eigenvalue weighted by atomic mass is 16.5. The number of amides is 1. The molecule has 0 bridgehead atoms. The molecule has 21 heavy (non-hydrogen) atoms. The van der Waals surface area contributed by atoms with Crippen LogP contribution in [0.1, 0.15) is 18.9 Å². The zero-order valence-corrected chi connectivity index (χ0v) is 12.3. The summed E-state index contributed by atoms with van der Waals surface area (Å²) in [6.45, 7) is 2.23. The number of carbonyl (C=O) groups excluding carboxylic acids is 1. The normalized spacial score (nSPS) is 11.9. The van der Waals surface area contributed by atoms with Gasteiger partial charge in [0.15, 0.2) is 6.61 Å². The molecule has 0 aliphatic carbocycles. The number of rotatable bonds is 7. The Morgan fingerprint density at radius 2 is 2.14 bits per heavy atom. The number of benzene rings is 1. The molecular weight excluding hydrogens is 268 g/mol. The van der Waals surface area contributed by atoms with Crippen molar-refractivity contribution in [1.82, 2.24) is 4.90 Å². The van der Waals surface area contributed by atoms with E-state index in [1.54, 1.807) is 37.1 Å². The maximum atomic E-state index is 11.8. The Labute approximate surface area is 125 Å². The van der Waals surface area contributed by atoms with E-state index in [2.05, 4.69) is 0 Å². The van der Waals surface area contributed by atoms with Crippen molar-refractivity contribution in [2.45, 2.75) is 19.4 Å². The van der Waals surface area contributed by atoms with Gasteiger partial charge >= 0.3 is 0 Å². The largest absolute Gasteiger partial charge is 0.479 e. The number of carbonyl (C=O) groups is 1. The number of aliphatic hydroxyl groups is 1. The summed E-state index contributed by atoms with van der Waals surface area (Å²) in [4.78, 5) is 13.4. The minimum atomic E-state index is -0.412. The van der Waals surface area contributed by atoms with Crippen molar-refractivity contribution in [1.29, 1.82) is 5.26 Å². The highest BCUT2D eigenvalue weighted by Crippen LogP contribution is 2.13. The Morgan fingerprint density at radius 3 is 2.71 bits per heavy atom. The van der Waals surface area contributed by atoms with Gasteiger partial charge in [0.25, 0.3) is 0 Å². The molecule has 1 unspecified atom stereocenters. The van der Waals surface area contributed by atoms with E-state index in [0.29, 0.717) is 18.7 Å². The molecule has 1 aromatic carbocycles. The molecule has 0 radical (unpaired) electrons. The second kappa shape index (κ2) is 8.77. The second-order valence-corrected chi connectivity index (χ2v) is 4.75. The third-order valence-electron chi connectivity index (χ3n) is 2.86. The van der Waals surface area contributed by atoms with Crippen LogP contribution in [-0.2, 0) is 4.79 Å². The first-order chi connectivity index (χ1) is 10.0. The fourth-order valence-corrected chi connectivity index (χ4v) is 1.58. The van der Waals surface area contributed by atoms with E-state index in [0.717, 1.165) is 5.56 Å². The molecular formula is C16H20N2O3. The highest BCUT2D eigenvalue weighted by molar-refractivity contribution is 5.91. The first-order valence-electron chi connectivity index (χ1n) is 6.74. The Balaban J connectivity index is 2.51. The van der Waals surface area contributed by atoms with Crippen LogP contribution in [-0.4, -0.2) is 42.2 Å². The molecule has 0 saturated heterocycles. The van der Waals surface area contributed by atoms with E-state index in [4.69, 9.17) is 10.00 Å². The molecule has 112 valence electrons. The van der Waals surface area contributed by atoms with Gasteiger partial charge < -0.3 is 14.7 Å². The van der Waals surface area contributed by atoms with Crippen molar-refractivity contribution >= 4 is 12.0 Å². The quantitative estimate of drug-likeness (QED) is 0.777. The molecule has 1 aromatic rings. The number of nitrogens with zero attached hydrogens (tertiary/aromatic N) is 2. The standard InChI is InChI=1S/C16H20N2O3/c1-13(19)9-11-18(2)16(20)8-5-14-3-6-15(7-4-14)21-12-10-17/h3-8,13,19H,9,11-12H2,1-2H3. The maximum absolute atomic E-state index is 11.8. The summed E-state index contributed by atoms with van der Waals surface area (Å²) in [5, 5.41) is 17.6.